The standard InChI is InChI=1S/C16H12ClN5O2/c17-14-11(8-18)12-13(16(24)21-9-20-12)22(14)7-6-19-15(23)10-4-2-1-3-5-10/h1-5,9H,6-7H2,(H,19,23)(H,20,21,24). The first-order valence-corrected chi connectivity index (χ1v) is 7.50. The number of carbonyl (C=O) groups is 1. The highest BCUT2D eigenvalue weighted by Gasteiger charge is 2.19. The van der Waals surface area contributed by atoms with Crippen LogP contribution in [0.25, 0.3) is 11.0 Å². The van der Waals surface area contributed by atoms with E-state index in [-0.39, 0.29) is 40.7 Å². The Kier molecular flexibility index (Phi) is 4.31. The maximum Gasteiger partial charge on any atom is 0.275 e. The van der Waals surface area contributed by atoms with Gasteiger partial charge in [-0.25, -0.2) is 4.98 Å². The van der Waals surface area contributed by atoms with Crippen molar-refractivity contribution in [2.75, 3.05) is 6.54 Å². The third kappa shape index (κ3) is 2.75. The van der Waals surface area contributed by atoms with E-state index in [1.807, 2.05) is 12.1 Å². The number of aromatic amines is 1. The molecule has 0 saturated carbocycles. The van der Waals surface area contributed by atoms with Crippen molar-refractivity contribution < 1.29 is 4.79 Å². The molecule has 0 spiro atoms. The van der Waals surface area contributed by atoms with Gasteiger partial charge in [0.2, 0.25) is 0 Å². The van der Waals surface area contributed by atoms with Crippen LogP contribution in [0.1, 0.15) is 15.9 Å². The first-order valence-electron chi connectivity index (χ1n) is 7.12. The zero-order chi connectivity index (χ0) is 17.1. The molecule has 0 bridgehead atoms. The van der Waals surface area contributed by atoms with E-state index >= 15 is 0 Å². The summed E-state index contributed by atoms with van der Waals surface area (Å²) in [7, 11) is 0. The molecular formula is C16H12ClN5O2. The number of nitrogens with one attached hydrogen (secondary N) is 2. The summed E-state index contributed by atoms with van der Waals surface area (Å²) >= 11 is 6.19. The van der Waals surface area contributed by atoms with Crippen molar-refractivity contribution in [3.63, 3.8) is 0 Å². The van der Waals surface area contributed by atoms with Gasteiger partial charge in [0.05, 0.1) is 6.33 Å². The first-order chi connectivity index (χ1) is 11.6. The summed E-state index contributed by atoms with van der Waals surface area (Å²) in [4.78, 5) is 30.5. The number of rotatable bonds is 4. The summed E-state index contributed by atoms with van der Waals surface area (Å²) in [5.41, 5.74) is 0.761. The quantitative estimate of drug-likeness (QED) is 0.753. The average molecular weight is 342 g/mol. The molecule has 0 radical (unpaired) electrons. The molecule has 0 aliphatic heterocycles. The number of hydrogen-bond acceptors (Lipinski definition) is 4. The molecule has 8 heteroatoms. The van der Waals surface area contributed by atoms with Crippen molar-refractivity contribution in [3.05, 3.63) is 63.3 Å². The van der Waals surface area contributed by atoms with Crippen molar-refractivity contribution in [1.82, 2.24) is 19.9 Å². The number of halogens is 1. The summed E-state index contributed by atoms with van der Waals surface area (Å²) in [5.74, 6) is -0.226. The van der Waals surface area contributed by atoms with Crippen LogP contribution < -0.4 is 10.9 Å². The largest absolute Gasteiger partial charge is 0.350 e. The van der Waals surface area contributed by atoms with Crippen molar-refractivity contribution >= 4 is 28.5 Å². The number of H-pyrrole nitrogens is 1. The minimum absolute atomic E-state index is 0.130. The number of fused-ring (bicyclic) bond motifs is 1. The Labute approximate surface area is 141 Å². The van der Waals surface area contributed by atoms with Gasteiger partial charge in [0.15, 0.2) is 0 Å². The lowest BCUT2D eigenvalue weighted by molar-refractivity contribution is 0.0952. The molecule has 3 rings (SSSR count). The lowest BCUT2D eigenvalue weighted by Crippen LogP contribution is -2.27. The van der Waals surface area contributed by atoms with Gasteiger partial charge in [0, 0.05) is 18.7 Å². The molecule has 0 aliphatic rings. The molecule has 120 valence electrons. The molecule has 0 atom stereocenters. The van der Waals surface area contributed by atoms with Crippen LogP contribution in [0, 0.1) is 11.3 Å². The average Bonchev–Trinajstić information content (AvgIpc) is 2.88. The second-order valence-electron chi connectivity index (χ2n) is 4.98. The van der Waals surface area contributed by atoms with Crippen LogP contribution in [0.15, 0.2) is 41.5 Å². The van der Waals surface area contributed by atoms with E-state index in [0.29, 0.717) is 5.56 Å². The number of nitriles is 1. The lowest BCUT2D eigenvalue weighted by Gasteiger charge is -2.08. The van der Waals surface area contributed by atoms with Crippen molar-refractivity contribution in [2.45, 2.75) is 6.54 Å². The van der Waals surface area contributed by atoms with Gasteiger partial charge in [-0.3, -0.25) is 9.59 Å². The fourth-order valence-electron chi connectivity index (χ4n) is 2.44. The molecule has 0 fully saturated rings. The highest BCUT2D eigenvalue weighted by molar-refractivity contribution is 6.32. The van der Waals surface area contributed by atoms with Crippen LogP contribution in [-0.4, -0.2) is 27.0 Å². The van der Waals surface area contributed by atoms with Gasteiger partial charge in [-0.05, 0) is 12.1 Å². The fraction of sp³-hybridized carbons (Fsp3) is 0.125. The van der Waals surface area contributed by atoms with E-state index in [0.717, 1.165) is 0 Å². The third-order valence-corrected chi connectivity index (χ3v) is 3.94. The monoisotopic (exact) mass is 341 g/mol. The zero-order valence-corrected chi connectivity index (χ0v) is 13.2. The van der Waals surface area contributed by atoms with E-state index in [1.54, 1.807) is 24.3 Å². The minimum atomic E-state index is -0.391. The molecule has 2 N–H and O–H groups in total. The number of nitrogens with zero attached hydrogens (tertiary/aromatic N) is 3. The summed E-state index contributed by atoms with van der Waals surface area (Å²) in [5, 5.41) is 12.1. The van der Waals surface area contributed by atoms with E-state index < -0.39 is 5.56 Å². The minimum Gasteiger partial charge on any atom is -0.350 e. The number of carbonyl (C=O) groups excluding carboxylic acids is 1. The maximum atomic E-state index is 12.0. The summed E-state index contributed by atoms with van der Waals surface area (Å²) in [6.45, 7) is 0.487. The van der Waals surface area contributed by atoms with Crippen molar-refractivity contribution in [1.29, 1.82) is 5.26 Å². The molecule has 1 aromatic carbocycles. The Morgan fingerprint density at radius 2 is 2.12 bits per heavy atom. The van der Waals surface area contributed by atoms with Crippen molar-refractivity contribution in [2.24, 2.45) is 0 Å². The van der Waals surface area contributed by atoms with Crippen LogP contribution in [0.5, 0.6) is 0 Å². The van der Waals surface area contributed by atoms with Gasteiger partial charge < -0.3 is 14.9 Å². The molecule has 7 nitrogen and oxygen atoms in total. The van der Waals surface area contributed by atoms with Crippen LogP contribution in [0.3, 0.4) is 0 Å². The van der Waals surface area contributed by atoms with E-state index in [9.17, 15) is 14.9 Å². The molecular weight excluding hydrogens is 330 g/mol. The predicted octanol–water partition coefficient (Wildman–Crippen LogP) is 1.68. The summed E-state index contributed by atoms with van der Waals surface area (Å²) in [6, 6.07) is 10.7. The number of benzene rings is 1. The van der Waals surface area contributed by atoms with Gasteiger partial charge in [-0.15, -0.1) is 0 Å². The van der Waals surface area contributed by atoms with Gasteiger partial charge in [0.1, 0.15) is 27.8 Å². The fourth-order valence-corrected chi connectivity index (χ4v) is 2.74. The van der Waals surface area contributed by atoms with Gasteiger partial charge >= 0.3 is 0 Å². The van der Waals surface area contributed by atoms with E-state index in [1.165, 1.54) is 10.9 Å². The van der Waals surface area contributed by atoms with Crippen LogP contribution in [-0.2, 0) is 6.54 Å². The highest BCUT2D eigenvalue weighted by Crippen LogP contribution is 2.25. The normalized spacial score (nSPS) is 10.5. The maximum absolute atomic E-state index is 12.0. The van der Waals surface area contributed by atoms with Gasteiger partial charge in [0.25, 0.3) is 11.5 Å². The highest BCUT2D eigenvalue weighted by atomic mass is 35.5. The second-order valence-corrected chi connectivity index (χ2v) is 5.34. The van der Waals surface area contributed by atoms with Gasteiger partial charge in [-0.1, -0.05) is 29.8 Å². The molecule has 1 amide bonds. The smallest absolute Gasteiger partial charge is 0.275 e. The molecule has 0 saturated heterocycles. The number of aromatic nitrogens is 3. The molecule has 2 heterocycles. The first kappa shape index (κ1) is 15.8. The molecule has 3 aromatic rings. The van der Waals surface area contributed by atoms with E-state index in [2.05, 4.69) is 15.3 Å². The Morgan fingerprint density at radius 3 is 2.83 bits per heavy atom. The summed E-state index contributed by atoms with van der Waals surface area (Å²) < 4.78 is 1.48. The molecule has 2 aromatic heterocycles. The topological polar surface area (TPSA) is 104 Å². The Hall–Kier alpha value is -3.11. The SMILES string of the molecule is N#Cc1c(Cl)n(CCNC(=O)c2ccccc2)c2c(=O)[nH]cnc12. The second kappa shape index (κ2) is 6.56. The molecule has 24 heavy (non-hydrogen) atoms. The Bertz CT molecular complexity index is 1000. The van der Waals surface area contributed by atoms with Crippen LogP contribution >= 0.6 is 11.6 Å². The van der Waals surface area contributed by atoms with Crippen LogP contribution in [0.4, 0.5) is 0 Å². The van der Waals surface area contributed by atoms with Crippen LogP contribution in [0.2, 0.25) is 5.15 Å². The number of amides is 1. The predicted molar refractivity (Wildman–Crippen MR) is 88.9 cm³/mol. The molecule has 0 unspecified atom stereocenters. The van der Waals surface area contributed by atoms with Gasteiger partial charge in [-0.2, -0.15) is 5.26 Å². The Balaban J connectivity index is 1.84. The zero-order valence-electron chi connectivity index (χ0n) is 12.4. The third-order valence-electron chi connectivity index (χ3n) is 3.55. The van der Waals surface area contributed by atoms with Crippen molar-refractivity contribution in [3.8, 4) is 6.07 Å². The summed E-state index contributed by atoms with van der Waals surface area (Å²) in [6.07, 6.45) is 1.23. The Morgan fingerprint density at radius 1 is 1.38 bits per heavy atom. The number of hydrogen-bond donors (Lipinski definition) is 2. The van der Waals surface area contributed by atoms with E-state index in [4.69, 9.17) is 11.6 Å². The lowest BCUT2D eigenvalue weighted by atomic mass is 10.2. The molecule has 0 aliphatic carbocycles.